The lowest BCUT2D eigenvalue weighted by atomic mass is 10.0. The number of hydrogen-bond donors (Lipinski definition) is 1. The molecule has 4 rings (SSSR count). The number of benzene rings is 1. The smallest absolute Gasteiger partial charge is 0.410 e. The molecule has 0 saturated carbocycles. The molecule has 3 heterocycles. The summed E-state index contributed by atoms with van der Waals surface area (Å²) in [7, 11) is 0. The second-order valence-corrected chi connectivity index (χ2v) is 8.36. The minimum absolute atomic E-state index is 0.0218. The molecule has 0 aliphatic carbocycles. The molecular formula is C21H26N4O3. The number of ether oxygens (including phenoxy) is 1. The molecule has 148 valence electrons. The molecule has 1 atom stereocenters. The highest BCUT2D eigenvalue weighted by molar-refractivity contribution is 6.01. The van der Waals surface area contributed by atoms with E-state index in [0.29, 0.717) is 19.5 Å². The van der Waals surface area contributed by atoms with Gasteiger partial charge in [0, 0.05) is 30.5 Å². The molecule has 1 unspecified atom stereocenters. The van der Waals surface area contributed by atoms with Crippen LogP contribution < -0.4 is 4.90 Å². The Kier molecular flexibility index (Phi) is 4.61. The number of rotatable bonds is 2. The van der Waals surface area contributed by atoms with Crippen molar-refractivity contribution in [1.29, 1.82) is 0 Å². The Labute approximate surface area is 164 Å². The van der Waals surface area contributed by atoms with E-state index in [1.807, 2.05) is 44.0 Å². The van der Waals surface area contributed by atoms with Crippen LogP contribution in [0.15, 0.2) is 30.6 Å². The van der Waals surface area contributed by atoms with Crippen molar-refractivity contribution in [3.05, 3.63) is 36.2 Å². The highest BCUT2D eigenvalue weighted by Gasteiger charge is 2.40. The van der Waals surface area contributed by atoms with Gasteiger partial charge in [-0.05, 0) is 57.2 Å². The second kappa shape index (κ2) is 6.96. The molecule has 28 heavy (non-hydrogen) atoms. The van der Waals surface area contributed by atoms with Crippen molar-refractivity contribution < 1.29 is 14.3 Å². The van der Waals surface area contributed by atoms with Gasteiger partial charge in [0.25, 0.3) is 0 Å². The van der Waals surface area contributed by atoms with Gasteiger partial charge in [0.1, 0.15) is 11.6 Å². The lowest BCUT2D eigenvalue weighted by Gasteiger charge is -2.30. The first-order valence-electron chi connectivity index (χ1n) is 9.77. The van der Waals surface area contributed by atoms with Crippen LogP contribution in [0.25, 0.3) is 11.1 Å². The average molecular weight is 382 g/mol. The number of likely N-dealkylation sites (tertiary alicyclic amines) is 1. The number of aromatic amines is 1. The fraction of sp³-hybridized carbons (Fsp3) is 0.476. The fourth-order valence-electron chi connectivity index (χ4n) is 4.07. The lowest BCUT2D eigenvalue weighted by molar-refractivity contribution is -0.122. The standard InChI is InChI=1S/C21H26N4O3/c1-21(2,3)28-20(27)25-10-5-8-18(25)19(26)24-11-9-16-15(6-4-7-17(16)24)14-12-22-23-13-14/h4,6-7,12-13,18H,5,8-11H2,1-3H3,(H,22,23). The minimum Gasteiger partial charge on any atom is -0.444 e. The molecule has 2 aliphatic heterocycles. The summed E-state index contributed by atoms with van der Waals surface area (Å²) in [6, 6.07) is 5.54. The van der Waals surface area contributed by atoms with Crippen molar-refractivity contribution in [3.63, 3.8) is 0 Å². The fourth-order valence-corrected chi connectivity index (χ4v) is 4.07. The van der Waals surface area contributed by atoms with Gasteiger partial charge in [0.05, 0.1) is 6.20 Å². The van der Waals surface area contributed by atoms with Gasteiger partial charge in [-0.3, -0.25) is 14.8 Å². The number of carbonyl (C=O) groups is 2. The predicted molar refractivity (Wildman–Crippen MR) is 106 cm³/mol. The number of hydrogen-bond acceptors (Lipinski definition) is 4. The highest BCUT2D eigenvalue weighted by atomic mass is 16.6. The topological polar surface area (TPSA) is 78.5 Å². The number of carbonyl (C=O) groups excluding carboxylic acids is 2. The third-order valence-corrected chi connectivity index (χ3v) is 5.27. The van der Waals surface area contributed by atoms with Crippen molar-refractivity contribution in [2.45, 2.75) is 51.7 Å². The van der Waals surface area contributed by atoms with E-state index in [1.165, 1.54) is 0 Å². The van der Waals surface area contributed by atoms with Crippen LogP contribution in [0.4, 0.5) is 10.5 Å². The van der Waals surface area contributed by atoms with E-state index in [1.54, 1.807) is 11.1 Å². The molecule has 2 aliphatic rings. The summed E-state index contributed by atoms with van der Waals surface area (Å²) in [5.74, 6) is -0.0218. The Morgan fingerprint density at radius 3 is 2.79 bits per heavy atom. The zero-order valence-electron chi connectivity index (χ0n) is 16.6. The maximum Gasteiger partial charge on any atom is 0.410 e. The van der Waals surface area contributed by atoms with Gasteiger partial charge < -0.3 is 9.64 Å². The van der Waals surface area contributed by atoms with Crippen LogP contribution >= 0.6 is 0 Å². The maximum atomic E-state index is 13.3. The molecule has 2 aromatic rings. The third-order valence-electron chi connectivity index (χ3n) is 5.27. The van der Waals surface area contributed by atoms with Gasteiger partial charge >= 0.3 is 6.09 Å². The molecule has 1 N–H and O–H groups in total. The molecule has 7 heteroatoms. The van der Waals surface area contributed by atoms with E-state index < -0.39 is 17.7 Å². The molecule has 0 spiro atoms. The molecule has 7 nitrogen and oxygen atoms in total. The normalized spacial score (nSPS) is 19.0. The molecule has 1 aromatic carbocycles. The summed E-state index contributed by atoms with van der Waals surface area (Å²) in [6.07, 6.45) is 5.52. The summed E-state index contributed by atoms with van der Waals surface area (Å²) < 4.78 is 5.51. The van der Waals surface area contributed by atoms with E-state index in [-0.39, 0.29) is 5.91 Å². The molecule has 1 fully saturated rings. The zero-order chi connectivity index (χ0) is 19.9. The molecular weight excluding hydrogens is 356 g/mol. The number of fused-ring (bicyclic) bond motifs is 1. The summed E-state index contributed by atoms with van der Waals surface area (Å²) in [6.45, 7) is 6.70. The molecule has 1 saturated heterocycles. The van der Waals surface area contributed by atoms with Crippen LogP contribution in [0.5, 0.6) is 0 Å². The van der Waals surface area contributed by atoms with E-state index >= 15 is 0 Å². The van der Waals surface area contributed by atoms with Crippen molar-refractivity contribution >= 4 is 17.7 Å². The van der Waals surface area contributed by atoms with E-state index in [0.717, 1.165) is 35.2 Å². The Morgan fingerprint density at radius 1 is 1.25 bits per heavy atom. The van der Waals surface area contributed by atoms with Crippen molar-refractivity contribution in [2.75, 3.05) is 18.0 Å². The van der Waals surface area contributed by atoms with Gasteiger partial charge in [-0.25, -0.2) is 4.79 Å². The average Bonchev–Trinajstić information content (AvgIpc) is 3.38. The van der Waals surface area contributed by atoms with Crippen molar-refractivity contribution in [3.8, 4) is 11.1 Å². The van der Waals surface area contributed by atoms with Gasteiger partial charge in [-0.15, -0.1) is 0 Å². The SMILES string of the molecule is CC(C)(C)OC(=O)N1CCCC1C(=O)N1CCc2c(-c3cn[nH]c3)cccc21. The summed E-state index contributed by atoms with van der Waals surface area (Å²) in [5, 5.41) is 6.88. The van der Waals surface area contributed by atoms with Crippen LogP contribution in [0.1, 0.15) is 39.2 Å². The van der Waals surface area contributed by atoms with E-state index in [9.17, 15) is 9.59 Å². The predicted octanol–water partition coefficient (Wildman–Crippen LogP) is 3.37. The zero-order valence-corrected chi connectivity index (χ0v) is 16.6. The number of aromatic nitrogens is 2. The van der Waals surface area contributed by atoms with E-state index in [2.05, 4.69) is 16.3 Å². The second-order valence-electron chi connectivity index (χ2n) is 8.36. The summed E-state index contributed by atoms with van der Waals surface area (Å²) >= 11 is 0. The number of nitrogens with one attached hydrogen (secondary N) is 1. The van der Waals surface area contributed by atoms with Gasteiger partial charge in [-0.2, -0.15) is 5.10 Å². The molecule has 1 aromatic heterocycles. The summed E-state index contributed by atoms with van der Waals surface area (Å²) in [5.41, 5.74) is 3.62. The van der Waals surface area contributed by atoms with Crippen molar-refractivity contribution in [1.82, 2.24) is 15.1 Å². The third kappa shape index (κ3) is 3.37. The van der Waals surface area contributed by atoms with Gasteiger partial charge in [0.15, 0.2) is 0 Å². The number of anilines is 1. The minimum atomic E-state index is -0.576. The molecule has 0 bridgehead atoms. The monoisotopic (exact) mass is 382 g/mol. The Bertz CT molecular complexity index is 886. The van der Waals surface area contributed by atoms with E-state index in [4.69, 9.17) is 4.74 Å². The van der Waals surface area contributed by atoms with Crippen molar-refractivity contribution in [2.24, 2.45) is 0 Å². The van der Waals surface area contributed by atoms with Crippen LogP contribution in [0, 0.1) is 0 Å². The largest absolute Gasteiger partial charge is 0.444 e. The quantitative estimate of drug-likeness (QED) is 0.864. The highest BCUT2D eigenvalue weighted by Crippen LogP contribution is 2.37. The first-order valence-corrected chi connectivity index (χ1v) is 9.77. The first kappa shape index (κ1) is 18.5. The van der Waals surface area contributed by atoms with Crippen LogP contribution in [-0.2, 0) is 16.0 Å². The number of H-pyrrole nitrogens is 1. The molecule has 0 radical (unpaired) electrons. The molecule has 2 amide bonds. The Hall–Kier alpha value is -2.83. The van der Waals surface area contributed by atoms with Crippen LogP contribution in [0.2, 0.25) is 0 Å². The maximum absolute atomic E-state index is 13.3. The Balaban J connectivity index is 1.57. The summed E-state index contributed by atoms with van der Waals surface area (Å²) in [4.78, 5) is 29.3. The van der Waals surface area contributed by atoms with Gasteiger partial charge in [-0.1, -0.05) is 12.1 Å². The Morgan fingerprint density at radius 2 is 2.07 bits per heavy atom. The lowest BCUT2D eigenvalue weighted by Crippen LogP contribution is -2.48. The van der Waals surface area contributed by atoms with Crippen LogP contribution in [-0.4, -0.2) is 51.8 Å². The van der Waals surface area contributed by atoms with Crippen LogP contribution in [0.3, 0.4) is 0 Å². The number of nitrogens with zero attached hydrogens (tertiary/aromatic N) is 3. The van der Waals surface area contributed by atoms with Gasteiger partial charge in [0.2, 0.25) is 5.91 Å². The number of amides is 2. The first-order chi connectivity index (χ1) is 13.3.